The lowest BCUT2D eigenvalue weighted by Crippen LogP contribution is -2.30. The summed E-state index contributed by atoms with van der Waals surface area (Å²) in [7, 11) is 1.71. The van der Waals surface area contributed by atoms with Crippen LogP contribution < -0.4 is 4.74 Å². The first-order valence-electron chi connectivity index (χ1n) is 6.45. The van der Waals surface area contributed by atoms with Crippen molar-refractivity contribution in [2.24, 2.45) is 0 Å². The van der Waals surface area contributed by atoms with E-state index in [1.807, 2.05) is 31.2 Å². The molecule has 0 aliphatic heterocycles. The number of likely N-dealkylation sites (N-methyl/N-ethyl adjacent to an activating group) is 1. The molecule has 0 N–H and O–H groups in total. The Morgan fingerprint density at radius 3 is 2.75 bits per heavy atom. The number of amides is 1. The van der Waals surface area contributed by atoms with Gasteiger partial charge < -0.3 is 14.2 Å². The second-order valence-electron chi connectivity index (χ2n) is 4.67. The van der Waals surface area contributed by atoms with Gasteiger partial charge in [-0.3, -0.25) is 4.79 Å². The van der Waals surface area contributed by atoms with Crippen LogP contribution in [-0.4, -0.2) is 36.2 Å². The standard InChI is InChI=1S/C15H18N2O3/c1-11-6-4-5-7-13(11)19-9-8-17(3)15(18)14-10-12(2)16-20-14/h4-7,10H,8-9H2,1-3H3. The average molecular weight is 274 g/mol. The van der Waals surface area contributed by atoms with Gasteiger partial charge in [0, 0.05) is 13.1 Å². The molecule has 0 atom stereocenters. The Morgan fingerprint density at radius 2 is 2.10 bits per heavy atom. The fourth-order valence-electron chi connectivity index (χ4n) is 1.76. The fraction of sp³-hybridized carbons (Fsp3) is 0.333. The maximum atomic E-state index is 12.0. The topological polar surface area (TPSA) is 55.6 Å². The molecule has 1 aromatic heterocycles. The molecule has 1 amide bonds. The van der Waals surface area contributed by atoms with E-state index in [0.29, 0.717) is 18.8 Å². The summed E-state index contributed by atoms with van der Waals surface area (Å²) < 4.78 is 10.6. The summed E-state index contributed by atoms with van der Waals surface area (Å²) in [6.45, 7) is 4.68. The zero-order chi connectivity index (χ0) is 14.5. The van der Waals surface area contributed by atoms with Crippen molar-refractivity contribution in [1.82, 2.24) is 10.1 Å². The largest absolute Gasteiger partial charge is 0.491 e. The molecule has 0 spiro atoms. The molecule has 106 valence electrons. The van der Waals surface area contributed by atoms with E-state index < -0.39 is 0 Å². The minimum Gasteiger partial charge on any atom is -0.491 e. The molecule has 2 aromatic rings. The monoisotopic (exact) mass is 274 g/mol. The van der Waals surface area contributed by atoms with Gasteiger partial charge in [0.05, 0.1) is 12.2 Å². The van der Waals surface area contributed by atoms with Crippen LogP contribution in [0.3, 0.4) is 0 Å². The number of aryl methyl sites for hydroxylation is 2. The second kappa shape index (κ2) is 6.23. The minimum atomic E-state index is -0.195. The van der Waals surface area contributed by atoms with E-state index in [9.17, 15) is 4.79 Å². The Hall–Kier alpha value is -2.30. The summed E-state index contributed by atoms with van der Waals surface area (Å²) in [5, 5.41) is 3.71. The number of carbonyl (C=O) groups is 1. The van der Waals surface area contributed by atoms with Crippen LogP contribution >= 0.6 is 0 Å². The number of para-hydroxylation sites is 1. The summed E-state index contributed by atoms with van der Waals surface area (Å²) in [5.41, 5.74) is 1.77. The molecule has 0 radical (unpaired) electrons. The predicted octanol–water partition coefficient (Wildman–Crippen LogP) is 2.44. The average Bonchev–Trinajstić information content (AvgIpc) is 2.86. The normalized spacial score (nSPS) is 10.3. The molecule has 20 heavy (non-hydrogen) atoms. The van der Waals surface area contributed by atoms with Crippen LogP contribution in [0.15, 0.2) is 34.9 Å². The number of hydrogen-bond donors (Lipinski definition) is 0. The summed E-state index contributed by atoms with van der Waals surface area (Å²) in [5.74, 6) is 0.892. The summed E-state index contributed by atoms with van der Waals surface area (Å²) in [6, 6.07) is 9.41. The van der Waals surface area contributed by atoms with E-state index in [-0.39, 0.29) is 11.7 Å². The van der Waals surface area contributed by atoms with Crippen molar-refractivity contribution in [3.63, 3.8) is 0 Å². The number of rotatable bonds is 5. The third kappa shape index (κ3) is 3.38. The molecular formula is C15H18N2O3. The van der Waals surface area contributed by atoms with E-state index in [2.05, 4.69) is 5.16 Å². The SMILES string of the molecule is Cc1cc(C(=O)N(C)CCOc2ccccc2C)on1. The van der Waals surface area contributed by atoms with Gasteiger partial charge in [0.15, 0.2) is 0 Å². The molecule has 0 fully saturated rings. The highest BCUT2D eigenvalue weighted by molar-refractivity contribution is 5.91. The molecular weight excluding hydrogens is 256 g/mol. The van der Waals surface area contributed by atoms with Crippen LogP contribution in [0.4, 0.5) is 0 Å². The molecule has 1 aromatic carbocycles. The lowest BCUT2D eigenvalue weighted by atomic mass is 10.2. The Balaban J connectivity index is 1.85. The highest BCUT2D eigenvalue weighted by atomic mass is 16.5. The Morgan fingerprint density at radius 1 is 1.35 bits per heavy atom. The molecule has 1 heterocycles. The van der Waals surface area contributed by atoms with Gasteiger partial charge in [-0.1, -0.05) is 23.4 Å². The van der Waals surface area contributed by atoms with Crippen molar-refractivity contribution < 1.29 is 14.1 Å². The number of carbonyl (C=O) groups excluding carboxylic acids is 1. The Bertz CT molecular complexity index is 592. The van der Waals surface area contributed by atoms with Crippen molar-refractivity contribution in [3.8, 4) is 5.75 Å². The predicted molar refractivity (Wildman–Crippen MR) is 74.9 cm³/mol. The van der Waals surface area contributed by atoms with Gasteiger partial charge in [0.1, 0.15) is 12.4 Å². The molecule has 0 unspecified atom stereocenters. The first-order valence-corrected chi connectivity index (χ1v) is 6.45. The van der Waals surface area contributed by atoms with Gasteiger partial charge in [-0.15, -0.1) is 0 Å². The van der Waals surface area contributed by atoms with Crippen molar-refractivity contribution in [2.45, 2.75) is 13.8 Å². The van der Waals surface area contributed by atoms with E-state index in [1.165, 1.54) is 0 Å². The molecule has 5 nitrogen and oxygen atoms in total. The first-order chi connectivity index (χ1) is 9.58. The van der Waals surface area contributed by atoms with E-state index in [4.69, 9.17) is 9.26 Å². The Labute approximate surface area is 118 Å². The first kappa shape index (κ1) is 14.1. The molecule has 2 rings (SSSR count). The van der Waals surface area contributed by atoms with Gasteiger partial charge in [-0.05, 0) is 25.5 Å². The summed E-state index contributed by atoms with van der Waals surface area (Å²) in [4.78, 5) is 13.6. The third-order valence-electron chi connectivity index (χ3n) is 2.96. The van der Waals surface area contributed by atoms with Crippen LogP contribution in [0.25, 0.3) is 0 Å². The zero-order valence-corrected chi connectivity index (χ0v) is 11.9. The third-order valence-corrected chi connectivity index (χ3v) is 2.96. The van der Waals surface area contributed by atoms with E-state index >= 15 is 0 Å². The van der Waals surface area contributed by atoms with Crippen molar-refractivity contribution >= 4 is 5.91 Å². The van der Waals surface area contributed by atoms with Gasteiger partial charge in [-0.2, -0.15) is 0 Å². The second-order valence-corrected chi connectivity index (χ2v) is 4.67. The number of benzene rings is 1. The lowest BCUT2D eigenvalue weighted by molar-refractivity contribution is 0.0732. The number of nitrogens with zero attached hydrogens (tertiary/aromatic N) is 2. The number of aromatic nitrogens is 1. The molecule has 0 saturated heterocycles. The van der Waals surface area contributed by atoms with Gasteiger partial charge in [-0.25, -0.2) is 0 Å². The van der Waals surface area contributed by atoms with Gasteiger partial charge in [0.2, 0.25) is 5.76 Å². The van der Waals surface area contributed by atoms with Crippen LogP contribution in [0.5, 0.6) is 5.75 Å². The number of ether oxygens (including phenoxy) is 1. The van der Waals surface area contributed by atoms with E-state index in [1.54, 1.807) is 24.9 Å². The molecule has 0 aliphatic carbocycles. The highest BCUT2D eigenvalue weighted by Gasteiger charge is 2.16. The minimum absolute atomic E-state index is 0.195. The Kier molecular flexibility index (Phi) is 4.40. The molecule has 5 heteroatoms. The van der Waals surface area contributed by atoms with Crippen LogP contribution in [0.1, 0.15) is 21.8 Å². The van der Waals surface area contributed by atoms with Gasteiger partial charge in [0.25, 0.3) is 5.91 Å². The highest BCUT2D eigenvalue weighted by Crippen LogP contribution is 2.16. The van der Waals surface area contributed by atoms with Gasteiger partial charge >= 0.3 is 0 Å². The van der Waals surface area contributed by atoms with Crippen LogP contribution in [0, 0.1) is 13.8 Å². The van der Waals surface area contributed by atoms with E-state index in [0.717, 1.165) is 11.3 Å². The van der Waals surface area contributed by atoms with Crippen LogP contribution in [-0.2, 0) is 0 Å². The zero-order valence-electron chi connectivity index (χ0n) is 11.9. The maximum Gasteiger partial charge on any atom is 0.292 e. The summed E-state index contributed by atoms with van der Waals surface area (Å²) in [6.07, 6.45) is 0. The lowest BCUT2D eigenvalue weighted by Gasteiger charge is -2.16. The summed E-state index contributed by atoms with van der Waals surface area (Å²) >= 11 is 0. The van der Waals surface area contributed by atoms with Crippen molar-refractivity contribution in [2.75, 3.05) is 20.2 Å². The smallest absolute Gasteiger partial charge is 0.292 e. The van der Waals surface area contributed by atoms with Crippen molar-refractivity contribution in [3.05, 3.63) is 47.3 Å². The van der Waals surface area contributed by atoms with Crippen molar-refractivity contribution in [1.29, 1.82) is 0 Å². The molecule has 0 bridgehead atoms. The molecule has 0 aliphatic rings. The quantitative estimate of drug-likeness (QED) is 0.840. The molecule has 0 saturated carbocycles. The maximum absolute atomic E-state index is 12.0. The fourth-order valence-corrected chi connectivity index (χ4v) is 1.76. The van der Waals surface area contributed by atoms with Crippen LogP contribution in [0.2, 0.25) is 0 Å². The number of hydrogen-bond acceptors (Lipinski definition) is 4.